The van der Waals surface area contributed by atoms with E-state index in [2.05, 4.69) is 50.1 Å². The molecule has 0 aromatic carbocycles. The predicted molar refractivity (Wildman–Crippen MR) is 76.9 cm³/mol. The molecule has 0 radical (unpaired) electrons. The third-order valence-corrected chi connectivity index (χ3v) is 4.37. The zero-order valence-corrected chi connectivity index (χ0v) is 12.8. The lowest BCUT2D eigenvalue weighted by atomic mass is 9.75. The van der Waals surface area contributed by atoms with E-state index in [-0.39, 0.29) is 12.1 Å². The van der Waals surface area contributed by atoms with Gasteiger partial charge in [-0.2, -0.15) is 0 Å². The molecule has 4 nitrogen and oxygen atoms in total. The Morgan fingerprint density at radius 2 is 1.89 bits per heavy atom. The summed E-state index contributed by atoms with van der Waals surface area (Å²) in [5, 5.41) is 12.9. The van der Waals surface area contributed by atoms with Crippen molar-refractivity contribution in [2.45, 2.75) is 44.2 Å². The molecule has 0 heterocycles. The van der Waals surface area contributed by atoms with E-state index < -0.39 is 0 Å². The van der Waals surface area contributed by atoms with Crippen molar-refractivity contribution < 1.29 is 5.11 Å². The van der Waals surface area contributed by atoms with E-state index in [1.54, 1.807) is 0 Å². The Balaban J connectivity index is 2.52. The highest BCUT2D eigenvalue weighted by Crippen LogP contribution is 2.36. The minimum Gasteiger partial charge on any atom is -0.394 e. The van der Waals surface area contributed by atoms with Gasteiger partial charge in [-0.3, -0.25) is 0 Å². The SMILES string of the molecule is CCNC(C)(CO)CN(C)CC1(N(C)C)CCC1. The summed E-state index contributed by atoms with van der Waals surface area (Å²) in [5.74, 6) is 0. The van der Waals surface area contributed by atoms with Gasteiger partial charge in [0.05, 0.1) is 12.1 Å². The molecule has 0 aliphatic heterocycles. The third kappa shape index (κ3) is 3.67. The fourth-order valence-electron chi connectivity index (χ4n) is 3.07. The molecule has 18 heavy (non-hydrogen) atoms. The molecule has 0 amide bonds. The maximum atomic E-state index is 9.54. The summed E-state index contributed by atoms with van der Waals surface area (Å²) in [4.78, 5) is 4.73. The Morgan fingerprint density at radius 3 is 2.22 bits per heavy atom. The lowest BCUT2D eigenvalue weighted by Crippen LogP contribution is -2.60. The Morgan fingerprint density at radius 1 is 1.28 bits per heavy atom. The Labute approximate surface area is 112 Å². The molecule has 1 fully saturated rings. The first-order chi connectivity index (χ1) is 8.37. The van der Waals surface area contributed by atoms with Crippen molar-refractivity contribution in [1.82, 2.24) is 15.1 Å². The predicted octanol–water partition coefficient (Wildman–Crippen LogP) is 0.763. The molecular weight excluding hydrogens is 226 g/mol. The van der Waals surface area contributed by atoms with E-state index in [4.69, 9.17) is 0 Å². The molecule has 1 saturated carbocycles. The number of hydrogen-bond donors (Lipinski definition) is 2. The molecule has 108 valence electrons. The molecular formula is C14H31N3O. The first kappa shape index (κ1) is 15.9. The van der Waals surface area contributed by atoms with Gasteiger partial charge in [-0.05, 0) is 53.9 Å². The van der Waals surface area contributed by atoms with Crippen LogP contribution in [-0.4, -0.2) is 73.4 Å². The zero-order valence-electron chi connectivity index (χ0n) is 12.8. The van der Waals surface area contributed by atoms with E-state index in [0.29, 0.717) is 5.54 Å². The second kappa shape index (κ2) is 6.33. The number of aliphatic hydroxyl groups is 1. The van der Waals surface area contributed by atoms with Crippen LogP contribution < -0.4 is 5.32 Å². The zero-order chi connectivity index (χ0) is 13.8. The van der Waals surface area contributed by atoms with Gasteiger partial charge >= 0.3 is 0 Å². The van der Waals surface area contributed by atoms with Crippen LogP contribution in [0.5, 0.6) is 0 Å². The quantitative estimate of drug-likeness (QED) is 0.673. The molecule has 0 saturated heterocycles. The van der Waals surface area contributed by atoms with Crippen LogP contribution in [0.2, 0.25) is 0 Å². The molecule has 0 spiro atoms. The normalized spacial score (nSPS) is 22.0. The molecule has 0 bridgehead atoms. The molecule has 0 aromatic heterocycles. The van der Waals surface area contributed by atoms with E-state index in [9.17, 15) is 5.11 Å². The van der Waals surface area contributed by atoms with E-state index in [0.717, 1.165) is 19.6 Å². The van der Waals surface area contributed by atoms with Crippen molar-refractivity contribution in [3.05, 3.63) is 0 Å². The van der Waals surface area contributed by atoms with Gasteiger partial charge in [-0.25, -0.2) is 0 Å². The lowest BCUT2D eigenvalue weighted by Gasteiger charge is -2.50. The van der Waals surface area contributed by atoms with Crippen LogP contribution in [0.4, 0.5) is 0 Å². The standard InChI is InChI=1S/C14H31N3O/c1-6-15-13(2,12-18)10-17(5)11-14(16(3)4)8-7-9-14/h15,18H,6-12H2,1-5H3. The second-order valence-corrected chi connectivity index (χ2v) is 6.39. The molecule has 1 unspecified atom stereocenters. The summed E-state index contributed by atoms with van der Waals surface area (Å²) in [5.41, 5.74) is 0.165. The summed E-state index contributed by atoms with van der Waals surface area (Å²) >= 11 is 0. The number of hydrogen-bond acceptors (Lipinski definition) is 4. The minimum atomic E-state index is -0.194. The summed E-state index contributed by atoms with van der Waals surface area (Å²) in [7, 11) is 6.53. The Kier molecular flexibility index (Phi) is 5.59. The maximum Gasteiger partial charge on any atom is 0.0623 e. The van der Waals surface area contributed by atoms with Crippen LogP contribution >= 0.6 is 0 Å². The topological polar surface area (TPSA) is 38.7 Å². The van der Waals surface area contributed by atoms with Gasteiger partial charge in [-0.15, -0.1) is 0 Å². The van der Waals surface area contributed by atoms with Crippen LogP contribution in [0.25, 0.3) is 0 Å². The number of nitrogens with zero attached hydrogens (tertiary/aromatic N) is 2. The molecule has 1 atom stereocenters. The third-order valence-electron chi connectivity index (χ3n) is 4.37. The van der Waals surface area contributed by atoms with E-state index >= 15 is 0 Å². The van der Waals surface area contributed by atoms with Crippen molar-refractivity contribution in [3.8, 4) is 0 Å². The Hall–Kier alpha value is -0.160. The van der Waals surface area contributed by atoms with Gasteiger partial charge in [-0.1, -0.05) is 6.92 Å². The van der Waals surface area contributed by atoms with Gasteiger partial charge in [0.1, 0.15) is 0 Å². The van der Waals surface area contributed by atoms with Crippen LogP contribution in [0.1, 0.15) is 33.1 Å². The first-order valence-corrected chi connectivity index (χ1v) is 7.09. The van der Waals surface area contributed by atoms with Crippen molar-refractivity contribution in [3.63, 3.8) is 0 Å². The smallest absolute Gasteiger partial charge is 0.0623 e. The molecule has 2 N–H and O–H groups in total. The van der Waals surface area contributed by atoms with Gasteiger partial charge in [0, 0.05) is 18.6 Å². The van der Waals surface area contributed by atoms with Gasteiger partial charge in [0.2, 0.25) is 0 Å². The van der Waals surface area contributed by atoms with Gasteiger partial charge in [0.25, 0.3) is 0 Å². The summed E-state index contributed by atoms with van der Waals surface area (Å²) in [6, 6.07) is 0. The molecule has 0 aromatic rings. The summed E-state index contributed by atoms with van der Waals surface area (Å²) in [6.45, 7) is 7.22. The summed E-state index contributed by atoms with van der Waals surface area (Å²) < 4.78 is 0. The van der Waals surface area contributed by atoms with Gasteiger partial charge in [0.15, 0.2) is 0 Å². The van der Waals surface area contributed by atoms with Crippen molar-refractivity contribution >= 4 is 0 Å². The van der Waals surface area contributed by atoms with Crippen molar-refractivity contribution in [1.29, 1.82) is 0 Å². The number of rotatable bonds is 8. The number of aliphatic hydroxyl groups excluding tert-OH is 1. The maximum absolute atomic E-state index is 9.54. The van der Waals surface area contributed by atoms with Gasteiger partial charge < -0.3 is 20.2 Å². The fraction of sp³-hybridized carbons (Fsp3) is 1.00. The van der Waals surface area contributed by atoms with E-state index in [1.165, 1.54) is 19.3 Å². The molecule has 1 rings (SSSR count). The van der Waals surface area contributed by atoms with Crippen LogP contribution in [0.3, 0.4) is 0 Å². The highest BCUT2D eigenvalue weighted by atomic mass is 16.3. The monoisotopic (exact) mass is 257 g/mol. The van der Waals surface area contributed by atoms with Crippen LogP contribution in [0.15, 0.2) is 0 Å². The average molecular weight is 257 g/mol. The highest BCUT2D eigenvalue weighted by molar-refractivity contribution is 4.99. The van der Waals surface area contributed by atoms with Crippen LogP contribution in [0, 0.1) is 0 Å². The van der Waals surface area contributed by atoms with Crippen LogP contribution in [-0.2, 0) is 0 Å². The van der Waals surface area contributed by atoms with E-state index in [1.807, 2.05) is 0 Å². The first-order valence-electron chi connectivity index (χ1n) is 7.09. The number of nitrogens with one attached hydrogen (secondary N) is 1. The molecule has 4 heteroatoms. The number of likely N-dealkylation sites (N-methyl/N-ethyl adjacent to an activating group) is 3. The highest BCUT2D eigenvalue weighted by Gasteiger charge is 2.40. The average Bonchev–Trinajstić information content (AvgIpc) is 2.23. The molecule has 1 aliphatic carbocycles. The fourth-order valence-corrected chi connectivity index (χ4v) is 3.07. The van der Waals surface area contributed by atoms with Crippen molar-refractivity contribution in [2.24, 2.45) is 0 Å². The second-order valence-electron chi connectivity index (χ2n) is 6.39. The lowest BCUT2D eigenvalue weighted by molar-refractivity contribution is 0.0167. The Bertz CT molecular complexity index is 253. The summed E-state index contributed by atoms with van der Waals surface area (Å²) in [6.07, 6.45) is 3.93. The minimum absolute atomic E-state index is 0.181. The van der Waals surface area contributed by atoms with Crippen molar-refractivity contribution in [2.75, 3.05) is 47.4 Å². The molecule has 1 aliphatic rings. The largest absolute Gasteiger partial charge is 0.394 e.